The molecule has 7 heteroatoms. The summed E-state index contributed by atoms with van der Waals surface area (Å²) >= 11 is 12.4. The number of aromatic nitrogens is 1. The highest BCUT2D eigenvalue weighted by atomic mass is 35.5. The Bertz CT molecular complexity index is 1250. The molecule has 1 N–H and O–H groups in total. The van der Waals surface area contributed by atoms with Crippen molar-refractivity contribution in [1.29, 1.82) is 0 Å². The van der Waals surface area contributed by atoms with Crippen molar-refractivity contribution in [3.63, 3.8) is 0 Å². The minimum Gasteiger partial charge on any atom is -0.493 e. The van der Waals surface area contributed by atoms with E-state index in [9.17, 15) is 4.79 Å². The van der Waals surface area contributed by atoms with E-state index in [1.807, 2.05) is 6.07 Å². The Morgan fingerprint density at radius 1 is 1.10 bits per heavy atom. The van der Waals surface area contributed by atoms with Crippen molar-refractivity contribution in [2.75, 3.05) is 11.9 Å². The highest BCUT2D eigenvalue weighted by molar-refractivity contribution is 6.43. The zero-order chi connectivity index (χ0) is 22.0. The van der Waals surface area contributed by atoms with Gasteiger partial charge in [0, 0.05) is 11.3 Å². The lowest BCUT2D eigenvalue weighted by Gasteiger charge is -2.10. The lowest BCUT2D eigenvalue weighted by atomic mass is 10.2. The zero-order valence-corrected chi connectivity index (χ0v) is 18.5. The van der Waals surface area contributed by atoms with Gasteiger partial charge in [-0.3, -0.25) is 4.79 Å². The van der Waals surface area contributed by atoms with E-state index >= 15 is 0 Å². The van der Waals surface area contributed by atoms with Gasteiger partial charge >= 0.3 is 0 Å². The Morgan fingerprint density at radius 2 is 1.90 bits per heavy atom. The van der Waals surface area contributed by atoms with Crippen LogP contribution in [0.25, 0.3) is 22.6 Å². The molecule has 0 radical (unpaired) electrons. The van der Waals surface area contributed by atoms with Gasteiger partial charge in [-0.15, -0.1) is 0 Å². The average molecular weight is 455 g/mol. The van der Waals surface area contributed by atoms with E-state index in [1.165, 1.54) is 0 Å². The Kier molecular flexibility index (Phi) is 6.16. The van der Waals surface area contributed by atoms with Gasteiger partial charge in [0.05, 0.1) is 22.2 Å². The predicted octanol–water partition coefficient (Wildman–Crippen LogP) is 7.09. The zero-order valence-electron chi connectivity index (χ0n) is 17.0. The van der Waals surface area contributed by atoms with Crippen LogP contribution in [0, 0.1) is 5.92 Å². The highest BCUT2D eigenvalue weighted by Crippen LogP contribution is 2.35. The average Bonchev–Trinajstić information content (AvgIpc) is 3.17. The number of carbonyl (C=O) groups excluding carboxylic acids is 1. The van der Waals surface area contributed by atoms with Crippen LogP contribution in [0.15, 0.2) is 65.1 Å². The summed E-state index contributed by atoms with van der Waals surface area (Å²) < 4.78 is 11.5. The second kappa shape index (κ2) is 9.00. The van der Waals surface area contributed by atoms with E-state index in [4.69, 9.17) is 32.4 Å². The molecule has 5 nitrogen and oxygen atoms in total. The molecule has 4 aromatic rings. The maximum absolute atomic E-state index is 12.7. The van der Waals surface area contributed by atoms with E-state index in [-0.39, 0.29) is 5.91 Å². The van der Waals surface area contributed by atoms with Crippen molar-refractivity contribution in [3.8, 4) is 17.2 Å². The second-order valence-corrected chi connectivity index (χ2v) is 8.27. The summed E-state index contributed by atoms with van der Waals surface area (Å²) in [5, 5.41) is 3.69. The highest BCUT2D eigenvalue weighted by Gasteiger charge is 2.15. The number of carbonyl (C=O) groups is 1. The molecule has 0 saturated heterocycles. The minimum absolute atomic E-state index is 0.240. The molecule has 158 valence electrons. The quantitative estimate of drug-likeness (QED) is 0.337. The van der Waals surface area contributed by atoms with Crippen molar-refractivity contribution in [1.82, 2.24) is 4.98 Å². The van der Waals surface area contributed by atoms with Crippen LogP contribution in [0.5, 0.6) is 5.75 Å². The first kappa shape index (κ1) is 21.2. The Labute approximate surface area is 189 Å². The van der Waals surface area contributed by atoms with Crippen LogP contribution < -0.4 is 10.1 Å². The molecule has 0 fully saturated rings. The van der Waals surface area contributed by atoms with Gasteiger partial charge in [0.15, 0.2) is 5.58 Å². The molecule has 0 atom stereocenters. The monoisotopic (exact) mass is 454 g/mol. The van der Waals surface area contributed by atoms with Crippen molar-refractivity contribution in [3.05, 3.63) is 76.3 Å². The standard InChI is InChI=1S/C24H20Cl2N2O3/c1-14(2)13-30-17-6-3-5-15(11-17)23(29)27-16-9-10-21-20(12-16)28-24(31-21)18-7-4-8-19(25)22(18)26/h3-12,14H,13H2,1-2H3,(H,27,29). The van der Waals surface area contributed by atoms with Crippen molar-refractivity contribution >= 4 is 45.9 Å². The van der Waals surface area contributed by atoms with Crippen LogP contribution >= 0.6 is 23.2 Å². The molecule has 1 aromatic heterocycles. The van der Waals surface area contributed by atoms with Crippen LogP contribution in [0.3, 0.4) is 0 Å². The Morgan fingerprint density at radius 3 is 2.71 bits per heavy atom. The van der Waals surface area contributed by atoms with Gasteiger partial charge in [-0.1, -0.05) is 49.2 Å². The summed E-state index contributed by atoms with van der Waals surface area (Å²) in [4.78, 5) is 17.2. The predicted molar refractivity (Wildman–Crippen MR) is 124 cm³/mol. The number of benzene rings is 3. The number of halogens is 2. The summed E-state index contributed by atoms with van der Waals surface area (Å²) in [5.74, 6) is 1.19. The number of hydrogen-bond acceptors (Lipinski definition) is 4. The number of amides is 1. The van der Waals surface area contributed by atoms with Crippen LogP contribution in [-0.2, 0) is 0 Å². The molecule has 0 unspecified atom stereocenters. The van der Waals surface area contributed by atoms with Crippen LogP contribution in [0.2, 0.25) is 10.0 Å². The molecule has 0 saturated carbocycles. The van der Waals surface area contributed by atoms with Gasteiger partial charge in [-0.05, 0) is 54.4 Å². The molecule has 4 rings (SSSR count). The van der Waals surface area contributed by atoms with E-state index in [0.29, 0.717) is 62.1 Å². The first-order valence-electron chi connectivity index (χ1n) is 9.80. The molecule has 0 aliphatic rings. The number of oxazole rings is 1. The molecule has 1 heterocycles. The van der Waals surface area contributed by atoms with Gasteiger partial charge in [0.25, 0.3) is 5.91 Å². The third-order valence-electron chi connectivity index (χ3n) is 4.51. The molecular weight excluding hydrogens is 435 g/mol. The third-order valence-corrected chi connectivity index (χ3v) is 5.33. The molecule has 0 aliphatic heterocycles. The molecule has 3 aromatic carbocycles. The fourth-order valence-corrected chi connectivity index (χ4v) is 3.36. The first-order chi connectivity index (χ1) is 14.9. The second-order valence-electron chi connectivity index (χ2n) is 7.49. The fraction of sp³-hybridized carbons (Fsp3) is 0.167. The van der Waals surface area contributed by atoms with Gasteiger partial charge in [-0.25, -0.2) is 4.98 Å². The van der Waals surface area contributed by atoms with Gasteiger partial charge in [0.1, 0.15) is 11.3 Å². The Balaban J connectivity index is 1.55. The van der Waals surface area contributed by atoms with Crippen molar-refractivity contribution in [2.24, 2.45) is 5.92 Å². The summed E-state index contributed by atoms with van der Waals surface area (Å²) in [6.07, 6.45) is 0. The van der Waals surface area contributed by atoms with Crippen LogP contribution in [0.1, 0.15) is 24.2 Å². The number of ether oxygens (including phenoxy) is 1. The molecule has 31 heavy (non-hydrogen) atoms. The van der Waals surface area contributed by atoms with E-state index in [0.717, 1.165) is 0 Å². The minimum atomic E-state index is -0.240. The van der Waals surface area contributed by atoms with Crippen molar-refractivity contribution in [2.45, 2.75) is 13.8 Å². The largest absolute Gasteiger partial charge is 0.493 e. The third kappa shape index (κ3) is 4.84. The van der Waals surface area contributed by atoms with E-state index < -0.39 is 0 Å². The lowest BCUT2D eigenvalue weighted by molar-refractivity contribution is 0.102. The summed E-state index contributed by atoms with van der Waals surface area (Å²) in [5.41, 5.74) is 2.89. The maximum atomic E-state index is 12.7. The van der Waals surface area contributed by atoms with Gasteiger partial charge in [-0.2, -0.15) is 0 Å². The van der Waals surface area contributed by atoms with E-state index in [2.05, 4.69) is 24.1 Å². The summed E-state index contributed by atoms with van der Waals surface area (Å²) in [6.45, 7) is 4.73. The molecule has 1 amide bonds. The number of nitrogens with zero attached hydrogens (tertiary/aromatic N) is 1. The molecular formula is C24H20Cl2N2O3. The number of fused-ring (bicyclic) bond motifs is 1. The smallest absolute Gasteiger partial charge is 0.255 e. The topological polar surface area (TPSA) is 64.4 Å². The normalized spacial score (nSPS) is 11.1. The fourth-order valence-electron chi connectivity index (χ4n) is 2.98. The van der Waals surface area contributed by atoms with Gasteiger partial charge in [0.2, 0.25) is 5.89 Å². The summed E-state index contributed by atoms with van der Waals surface area (Å²) in [7, 11) is 0. The van der Waals surface area contributed by atoms with Gasteiger partial charge < -0.3 is 14.5 Å². The number of rotatable bonds is 6. The van der Waals surface area contributed by atoms with Crippen molar-refractivity contribution < 1.29 is 13.9 Å². The maximum Gasteiger partial charge on any atom is 0.255 e. The lowest BCUT2D eigenvalue weighted by Crippen LogP contribution is -2.12. The number of anilines is 1. The SMILES string of the molecule is CC(C)COc1cccc(C(=O)Nc2ccc3oc(-c4cccc(Cl)c4Cl)nc3c2)c1. The first-order valence-corrected chi connectivity index (χ1v) is 10.6. The molecule has 0 spiro atoms. The molecule has 0 bridgehead atoms. The number of nitrogens with one attached hydrogen (secondary N) is 1. The Hall–Kier alpha value is -3.02. The number of hydrogen-bond donors (Lipinski definition) is 1. The van der Waals surface area contributed by atoms with E-state index in [1.54, 1.807) is 54.6 Å². The molecule has 0 aliphatic carbocycles. The van der Waals surface area contributed by atoms with Crippen LogP contribution in [0.4, 0.5) is 5.69 Å². The summed E-state index contributed by atoms with van der Waals surface area (Å²) in [6, 6.07) is 17.6. The van der Waals surface area contributed by atoms with Crippen LogP contribution in [-0.4, -0.2) is 17.5 Å².